The number of fused-ring (bicyclic) bond motifs is 1. The summed E-state index contributed by atoms with van der Waals surface area (Å²) in [5.41, 5.74) is 2.47. The van der Waals surface area contributed by atoms with Crippen molar-refractivity contribution in [3.05, 3.63) is 57.6 Å². The lowest BCUT2D eigenvalue weighted by atomic mass is 10.1. The third kappa shape index (κ3) is 4.04. The molecule has 2 aromatic rings. The fourth-order valence-corrected chi connectivity index (χ4v) is 3.62. The quantitative estimate of drug-likeness (QED) is 0.801. The van der Waals surface area contributed by atoms with Crippen LogP contribution in [0.3, 0.4) is 0 Å². The van der Waals surface area contributed by atoms with Gasteiger partial charge in [-0.25, -0.2) is 0 Å². The van der Waals surface area contributed by atoms with E-state index in [-0.39, 0.29) is 0 Å². The van der Waals surface area contributed by atoms with Gasteiger partial charge in [-0.15, -0.1) is 0 Å². The van der Waals surface area contributed by atoms with Crippen LogP contribution < -0.4 is 9.47 Å². The summed E-state index contributed by atoms with van der Waals surface area (Å²) < 4.78 is 10.8. The second kappa shape index (κ2) is 7.42. The molecular weight excluding hydrogens is 359 g/mol. The first kappa shape index (κ1) is 17.0. The summed E-state index contributed by atoms with van der Waals surface area (Å²) in [4.78, 5) is 4.93. The summed E-state index contributed by atoms with van der Waals surface area (Å²) in [6.45, 7) is 6.37. The molecule has 1 saturated heterocycles. The lowest BCUT2D eigenvalue weighted by molar-refractivity contribution is 0.122. The molecule has 4 nitrogen and oxygen atoms in total. The number of hydrogen-bond donors (Lipinski definition) is 0. The van der Waals surface area contributed by atoms with Crippen molar-refractivity contribution in [1.29, 1.82) is 0 Å². The lowest BCUT2D eigenvalue weighted by Gasteiger charge is -2.34. The van der Waals surface area contributed by atoms with E-state index in [4.69, 9.17) is 32.7 Å². The van der Waals surface area contributed by atoms with Crippen LogP contribution in [0.15, 0.2) is 36.4 Å². The Labute approximate surface area is 157 Å². The van der Waals surface area contributed by atoms with E-state index in [1.165, 1.54) is 11.1 Å². The third-order valence-electron chi connectivity index (χ3n) is 4.70. The highest BCUT2D eigenvalue weighted by Crippen LogP contribution is 2.33. The molecule has 0 aliphatic carbocycles. The SMILES string of the molecule is Clc1ccc(CN2CCN(Cc3ccc4c(c3)OCO4)CC2)cc1Cl. The average molecular weight is 379 g/mol. The van der Waals surface area contributed by atoms with Crippen LogP contribution in [0.2, 0.25) is 10.0 Å². The van der Waals surface area contributed by atoms with Gasteiger partial charge in [0.1, 0.15) is 0 Å². The molecule has 2 aromatic carbocycles. The van der Waals surface area contributed by atoms with Crippen molar-refractivity contribution >= 4 is 23.2 Å². The zero-order chi connectivity index (χ0) is 17.2. The van der Waals surface area contributed by atoms with Crippen molar-refractivity contribution in [2.24, 2.45) is 0 Å². The fraction of sp³-hybridized carbons (Fsp3) is 0.368. The minimum absolute atomic E-state index is 0.326. The molecule has 25 heavy (non-hydrogen) atoms. The van der Waals surface area contributed by atoms with Crippen molar-refractivity contribution in [3.63, 3.8) is 0 Å². The molecule has 0 bridgehead atoms. The number of halogens is 2. The number of nitrogens with zero attached hydrogens (tertiary/aromatic N) is 2. The second-order valence-corrected chi connectivity index (χ2v) is 7.30. The molecule has 0 N–H and O–H groups in total. The van der Waals surface area contributed by atoms with Gasteiger partial charge in [-0.3, -0.25) is 9.80 Å². The molecule has 0 atom stereocenters. The molecule has 0 amide bonds. The van der Waals surface area contributed by atoms with Gasteiger partial charge in [0.05, 0.1) is 10.0 Å². The molecule has 0 radical (unpaired) electrons. The van der Waals surface area contributed by atoms with Gasteiger partial charge < -0.3 is 9.47 Å². The summed E-state index contributed by atoms with van der Waals surface area (Å²) in [6, 6.07) is 12.1. The molecule has 0 saturated carbocycles. The summed E-state index contributed by atoms with van der Waals surface area (Å²) in [6.07, 6.45) is 0. The summed E-state index contributed by atoms with van der Waals surface area (Å²) >= 11 is 12.1. The van der Waals surface area contributed by atoms with Gasteiger partial charge >= 0.3 is 0 Å². The van der Waals surface area contributed by atoms with Gasteiger partial charge in [0.15, 0.2) is 11.5 Å². The van der Waals surface area contributed by atoms with E-state index >= 15 is 0 Å². The highest BCUT2D eigenvalue weighted by molar-refractivity contribution is 6.42. The van der Waals surface area contributed by atoms with E-state index in [0.717, 1.165) is 50.8 Å². The van der Waals surface area contributed by atoms with Gasteiger partial charge in [-0.05, 0) is 35.4 Å². The number of ether oxygens (including phenoxy) is 2. The highest BCUT2D eigenvalue weighted by atomic mass is 35.5. The van der Waals surface area contributed by atoms with Crippen LogP contribution >= 0.6 is 23.2 Å². The van der Waals surface area contributed by atoms with Crippen molar-refractivity contribution < 1.29 is 9.47 Å². The third-order valence-corrected chi connectivity index (χ3v) is 5.44. The van der Waals surface area contributed by atoms with E-state index in [0.29, 0.717) is 16.8 Å². The largest absolute Gasteiger partial charge is 0.454 e. The molecule has 6 heteroatoms. The van der Waals surface area contributed by atoms with Gasteiger partial charge in [0, 0.05) is 39.3 Å². The van der Waals surface area contributed by atoms with Crippen molar-refractivity contribution in [1.82, 2.24) is 9.80 Å². The Morgan fingerprint density at radius 1 is 0.720 bits per heavy atom. The standard InChI is InChI=1S/C19H20Cl2N2O2/c20-16-3-1-14(9-17(16)21)11-22-5-7-23(8-6-22)12-15-2-4-18-19(10-15)25-13-24-18/h1-4,9-10H,5-8,11-13H2. The molecular formula is C19H20Cl2N2O2. The molecule has 2 heterocycles. The summed E-state index contributed by atoms with van der Waals surface area (Å²) in [5, 5.41) is 1.24. The van der Waals surface area contributed by atoms with Crippen molar-refractivity contribution in [2.45, 2.75) is 13.1 Å². The molecule has 0 aromatic heterocycles. The zero-order valence-corrected chi connectivity index (χ0v) is 15.4. The van der Waals surface area contributed by atoms with Crippen LogP contribution in [0, 0.1) is 0 Å². The lowest BCUT2D eigenvalue weighted by Crippen LogP contribution is -2.45. The zero-order valence-electron chi connectivity index (χ0n) is 13.9. The Morgan fingerprint density at radius 2 is 1.32 bits per heavy atom. The number of benzene rings is 2. The van der Waals surface area contributed by atoms with Crippen molar-refractivity contribution in [3.8, 4) is 11.5 Å². The Balaban J connectivity index is 1.30. The maximum absolute atomic E-state index is 6.11. The van der Waals surface area contributed by atoms with E-state index in [9.17, 15) is 0 Å². The molecule has 2 aliphatic rings. The molecule has 2 aliphatic heterocycles. The molecule has 4 rings (SSSR count). The van der Waals surface area contributed by atoms with Crippen molar-refractivity contribution in [2.75, 3.05) is 33.0 Å². The van der Waals surface area contributed by atoms with Crippen LogP contribution in [-0.2, 0) is 13.1 Å². The first-order chi connectivity index (χ1) is 12.2. The average Bonchev–Trinajstić information content (AvgIpc) is 3.08. The predicted molar refractivity (Wildman–Crippen MR) is 99.6 cm³/mol. The van der Waals surface area contributed by atoms with Crippen LogP contribution in [0.4, 0.5) is 0 Å². The number of rotatable bonds is 4. The minimum Gasteiger partial charge on any atom is -0.454 e. The maximum atomic E-state index is 6.11. The highest BCUT2D eigenvalue weighted by Gasteiger charge is 2.19. The van der Waals surface area contributed by atoms with Crippen LogP contribution in [0.5, 0.6) is 11.5 Å². The first-order valence-electron chi connectivity index (χ1n) is 8.44. The molecule has 132 valence electrons. The topological polar surface area (TPSA) is 24.9 Å². The Hall–Kier alpha value is -1.46. The first-order valence-corrected chi connectivity index (χ1v) is 9.20. The van der Waals surface area contributed by atoms with Crippen LogP contribution in [0.1, 0.15) is 11.1 Å². The van der Waals surface area contributed by atoms with Gasteiger partial charge in [0.2, 0.25) is 6.79 Å². The minimum atomic E-state index is 0.326. The van der Waals surface area contributed by atoms with Gasteiger partial charge in [-0.1, -0.05) is 35.3 Å². The van der Waals surface area contributed by atoms with E-state index < -0.39 is 0 Å². The summed E-state index contributed by atoms with van der Waals surface area (Å²) in [5.74, 6) is 1.70. The maximum Gasteiger partial charge on any atom is 0.231 e. The van der Waals surface area contributed by atoms with Crippen LogP contribution in [-0.4, -0.2) is 42.8 Å². The Bertz CT molecular complexity index is 761. The fourth-order valence-electron chi connectivity index (χ4n) is 3.30. The number of piperazine rings is 1. The van der Waals surface area contributed by atoms with Gasteiger partial charge in [0.25, 0.3) is 0 Å². The molecule has 0 spiro atoms. The molecule has 1 fully saturated rings. The van der Waals surface area contributed by atoms with E-state index in [1.54, 1.807) is 0 Å². The monoisotopic (exact) mass is 378 g/mol. The van der Waals surface area contributed by atoms with Gasteiger partial charge in [-0.2, -0.15) is 0 Å². The second-order valence-electron chi connectivity index (χ2n) is 6.49. The smallest absolute Gasteiger partial charge is 0.231 e. The Morgan fingerprint density at radius 3 is 2.00 bits per heavy atom. The summed E-state index contributed by atoms with van der Waals surface area (Å²) in [7, 11) is 0. The normalized spacial score (nSPS) is 17.8. The van der Waals surface area contributed by atoms with E-state index in [1.807, 2.05) is 24.3 Å². The van der Waals surface area contributed by atoms with E-state index in [2.05, 4.69) is 21.9 Å². The molecule has 0 unspecified atom stereocenters. The number of hydrogen-bond acceptors (Lipinski definition) is 4. The Kier molecular flexibility index (Phi) is 5.04. The van der Waals surface area contributed by atoms with Crippen LogP contribution in [0.25, 0.3) is 0 Å². The predicted octanol–water partition coefficient (Wildman–Crippen LogP) is 4.04.